The number of nitrogens with one attached hydrogen (secondary N) is 1. The van der Waals surface area contributed by atoms with Crippen molar-refractivity contribution in [2.24, 2.45) is 5.92 Å². The van der Waals surface area contributed by atoms with Gasteiger partial charge in [0.1, 0.15) is 5.75 Å². The zero-order valence-corrected chi connectivity index (χ0v) is 19.3. The van der Waals surface area contributed by atoms with Gasteiger partial charge < -0.3 is 19.4 Å². The summed E-state index contributed by atoms with van der Waals surface area (Å²) in [5, 5.41) is 0. The van der Waals surface area contributed by atoms with Crippen LogP contribution >= 0.6 is 0 Å². The summed E-state index contributed by atoms with van der Waals surface area (Å²) in [6, 6.07) is 14.3. The predicted octanol–water partition coefficient (Wildman–Crippen LogP) is 4.16. The topological polar surface area (TPSA) is 110 Å². The molecular weight excluding hydrogens is 446 g/mol. The summed E-state index contributed by atoms with van der Waals surface area (Å²) in [6.45, 7) is 3.42. The van der Waals surface area contributed by atoms with E-state index < -0.39 is 0 Å². The van der Waals surface area contributed by atoms with Gasteiger partial charge in [0.2, 0.25) is 5.78 Å². The molecule has 1 N–H and O–H groups in total. The molecule has 3 heterocycles. The second-order valence-corrected chi connectivity index (χ2v) is 8.28. The second-order valence-electron chi connectivity index (χ2n) is 8.28. The van der Waals surface area contributed by atoms with Crippen molar-refractivity contribution in [2.45, 2.75) is 19.8 Å². The standard InChI is InChI=1S/C26H25N5O4/c1-2-34-26(33)18-6-5-15-31(16-18)24-25(28-14-13-27-24)35-19-11-9-17(10-12-19)22(32)23-29-20-7-3-4-8-21(20)30-23/h3-4,7-14,18H,2,5-6,15-16H2,1H3,(H,29,30)/t18-/m0/s1. The summed E-state index contributed by atoms with van der Waals surface area (Å²) in [5.41, 5.74) is 2.05. The lowest BCUT2D eigenvalue weighted by Gasteiger charge is -2.32. The van der Waals surface area contributed by atoms with Crippen LogP contribution in [0.5, 0.6) is 11.6 Å². The third-order valence-electron chi connectivity index (χ3n) is 5.92. The van der Waals surface area contributed by atoms with Gasteiger partial charge in [0.05, 0.1) is 23.6 Å². The first-order valence-corrected chi connectivity index (χ1v) is 11.6. The molecule has 9 nitrogen and oxygen atoms in total. The van der Waals surface area contributed by atoms with Gasteiger partial charge in [-0.25, -0.2) is 15.0 Å². The number of ketones is 1. The van der Waals surface area contributed by atoms with Gasteiger partial charge in [-0.2, -0.15) is 0 Å². The third-order valence-corrected chi connectivity index (χ3v) is 5.92. The normalized spacial score (nSPS) is 15.7. The van der Waals surface area contributed by atoms with Gasteiger partial charge in [0.15, 0.2) is 11.6 Å². The molecule has 0 unspecified atom stereocenters. The number of carbonyl (C=O) groups excluding carboxylic acids is 2. The van der Waals surface area contributed by atoms with Gasteiger partial charge in [0, 0.05) is 31.0 Å². The largest absolute Gasteiger partial charge is 0.466 e. The smallest absolute Gasteiger partial charge is 0.310 e. The van der Waals surface area contributed by atoms with Crippen molar-refractivity contribution in [3.8, 4) is 11.6 Å². The van der Waals surface area contributed by atoms with E-state index in [1.54, 1.807) is 36.7 Å². The van der Waals surface area contributed by atoms with E-state index in [4.69, 9.17) is 9.47 Å². The highest BCUT2D eigenvalue weighted by Gasteiger charge is 2.29. The van der Waals surface area contributed by atoms with Crippen molar-refractivity contribution in [1.29, 1.82) is 0 Å². The Bertz CT molecular complexity index is 1320. The lowest BCUT2D eigenvalue weighted by atomic mass is 9.98. The predicted molar refractivity (Wildman–Crippen MR) is 130 cm³/mol. The van der Waals surface area contributed by atoms with Gasteiger partial charge in [-0.3, -0.25) is 9.59 Å². The van der Waals surface area contributed by atoms with E-state index >= 15 is 0 Å². The number of esters is 1. The van der Waals surface area contributed by atoms with Crippen molar-refractivity contribution < 1.29 is 19.1 Å². The second kappa shape index (κ2) is 9.92. The molecule has 0 saturated carbocycles. The van der Waals surface area contributed by atoms with Crippen LogP contribution in [0, 0.1) is 5.92 Å². The first-order chi connectivity index (χ1) is 17.1. The monoisotopic (exact) mass is 471 g/mol. The van der Waals surface area contributed by atoms with E-state index in [1.165, 1.54) is 0 Å². The quantitative estimate of drug-likeness (QED) is 0.316. The van der Waals surface area contributed by atoms with Crippen molar-refractivity contribution in [2.75, 3.05) is 24.6 Å². The Kier molecular flexibility index (Phi) is 6.38. The average molecular weight is 472 g/mol. The zero-order chi connectivity index (χ0) is 24.2. The maximum atomic E-state index is 12.9. The van der Waals surface area contributed by atoms with E-state index in [2.05, 4.69) is 19.9 Å². The molecule has 0 spiro atoms. The molecule has 5 rings (SSSR count). The Morgan fingerprint density at radius 1 is 1.09 bits per heavy atom. The highest BCUT2D eigenvalue weighted by molar-refractivity contribution is 6.08. The summed E-state index contributed by atoms with van der Waals surface area (Å²) in [5.74, 6) is 1.13. The van der Waals surface area contributed by atoms with Gasteiger partial charge in [0.25, 0.3) is 5.88 Å². The van der Waals surface area contributed by atoms with Crippen LogP contribution in [0.4, 0.5) is 5.82 Å². The molecule has 1 atom stereocenters. The third kappa shape index (κ3) is 4.84. The Morgan fingerprint density at radius 2 is 1.89 bits per heavy atom. The van der Waals surface area contributed by atoms with Crippen molar-refractivity contribution in [3.05, 3.63) is 72.3 Å². The van der Waals surface area contributed by atoms with Crippen molar-refractivity contribution in [3.63, 3.8) is 0 Å². The number of carbonyl (C=O) groups is 2. The summed E-state index contributed by atoms with van der Waals surface area (Å²) in [6.07, 6.45) is 4.79. The summed E-state index contributed by atoms with van der Waals surface area (Å²) in [7, 11) is 0. The van der Waals surface area contributed by atoms with Gasteiger partial charge in [-0.15, -0.1) is 0 Å². The number of hydrogen-bond acceptors (Lipinski definition) is 8. The van der Waals surface area contributed by atoms with Crippen molar-refractivity contribution >= 4 is 28.6 Å². The minimum atomic E-state index is -0.206. The summed E-state index contributed by atoms with van der Waals surface area (Å²) in [4.78, 5) is 43.4. The van der Waals surface area contributed by atoms with Gasteiger partial charge in [-0.05, 0) is 56.2 Å². The molecule has 0 aliphatic carbocycles. The molecule has 178 valence electrons. The average Bonchev–Trinajstić information content (AvgIpc) is 3.34. The molecule has 0 radical (unpaired) electrons. The van der Waals surface area contributed by atoms with Crippen LogP contribution in [-0.2, 0) is 9.53 Å². The first-order valence-electron chi connectivity index (χ1n) is 11.6. The SMILES string of the molecule is CCOC(=O)[C@H]1CCCN(c2nccnc2Oc2ccc(C(=O)c3nc4ccccc4[nH]3)cc2)C1. The first kappa shape index (κ1) is 22.5. The minimum absolute atomic E-state index is 0.187. The van der Waals surface area contributed by atoms with Crippen LogP contribution in [0.2, 0.25) is 0 Å². The maximum absolute atomic E-state index is 12.9. The molecule has 1 fully saturated rings. The molecule has 1 aliphatic heterocycles. The minimum Gasteiger partial charge on any atom is -0.466 e. The molecule has 0 bridgehead atoms. The summed E-state index contributed by atoms with van der Waals surface area (Å²) < 4.78 is 11.2. The molecule has 35 heavy (non-hydrogen) atoms. The number of piperidine rings is 1. The van der Waals surface area contributed by atoms with E-state index in [-0.39, 0.29) is 23.5 Å². The molecule has 1 aliphatic rings. The van der Waals surface area contributed by atoms with Gasteiger partial charge in [-0.1, -0.05) is 12.1 Å². The molecule has 1 saturated heterocycles. The molecule has 9 heteroatoms. The number of ether oxygens (including phenoxy) is 2. The van der Waals surface area contributed by atoms with Gasteiger partial charge >= 0.3 is 5.97 Å². The number of benzene rings is 2. The number of fused-ring (bicyclic) bond motifs is 1. The number of imidazole rings is 1. The molecule has 2 aromatic heterocycles. The van der Waals surface area contributed by atoms with Crippen LogP contribution < -0.4 is 9.64 Å². The zero-order valence-electron chi connectivity index (χ0n) is 19.3. The molecule has 0 amide bonds. The lowest BCUT2D eigenvalue weighted by Crippen LogP contribution is -2.40. The van der Waals surface area contributed by atoms with E-state index in [1.807, 2.05) is 36.1 Å². The Morgan fingerprint density at radius 3 is 2.69 bits per heavy atom. The Hall–Kier alpha value is -4.27. The number of anilines is 1. The number of aromatic nitrogens is 4. The van der Waals surface area contributed by atoms with Crippen LogP contribution in [0.3, 0.4) is 0 Å². The lowest BCUT2D eigenvalue weighted by molar-refractivity contribution is -0.148. The molecular formula is C26H25N5O4. The fourth-order valence-corrected chi connectivity index (χ4v) is 4.21. The van der Waals surface area contributed by atoms with Crippen LogP contribution in [0.15, 0.2) is 60.9 Å². The van der Waals surface area contributed by atoms with E-state index in [0.717, 1.165) is 30.4 Å². The fourth-order valence-electron chi connectivity index (χ4n) is 4.21. The fraction of sp³-hybridized carbons (Fsp3) is 0.269. The Labute approximate surface area is 202 Å². The van der Waals surface area contributed by atoms with E-state index in [9.17, 15) is 9.59 Å². The number of hydrogen-bond donors (Lipinski definition) is 1. The highest BCUT2D eigenvalue weighted by Crippen LogP contribution is 2.31. The molecule has 2 aromatic carbocycles. The summed E-state index contributed by atoms with van der Waals surface area (Å²) >= 11 is 0. The van der Waals surface area contributed by atoms with Crippen LogP contribution in [0.25, 0.3) is 11.0 Å². The number of rotatable bonds is 7. The molecule has 4 aromatic rings. The van der Waals surface area contributed by atoms with Crippen LogP contribution in [0.1, 0.15) is 35.9 Å². The maximum Gasteiger partial charge on any atom is 0.310 e. The number of aromatic amines is 1. The number of nitrogens with zero attached hydrogens (tertiary/aromatic N) is 4. The Balaban J connectivity index is 1.31. The number of para-hydroxylation sites is 2. The highest BCUT2D eigenvalue weighted by atomic mass is 16.5. The van der Waals surface area contributed by atoms with Crippen LogP contribution in [-0.4, -0.2) is 51.4 Å². The van der Waals surface area contributed by atoms with Crippen molar-refractivity contribution in [1.82, 2.24) is 19.9 Å². The number of H-pyrrole nitrogens is 1. The van der Waals surface area contributed by atoms with E-state index in [0.29, 0.717) is 36.2 Å².